The quantitative estimate of drug-likeness (QED) is 0.801. The predicted molar refractivity (Wildman–Crippen MR) is 102 cm³/mol. The van der Waals surface area contributed by atoms with Crippen LogP contribution >= 0.6 is 22.9 Å². The van der Waals surface area contributed by atoms with Crippen molar-refractivity contribution >= 4 is 39.8 Å². The Morgan fingerprint density at radius 1 is 1.32 bits per heavy atom. The summed E-state index contributed by atoms with van der Waals surface area (Å²) in [7, 11) is 0. The van der Waals surface area contributed by atoms with Crippen molar-refractivity contribution in [1.82, 2.24) is 20.3 Å². The molecule has 0 aliphatic carbocycles. The summed E-state index contributed by atoms with van der Waals surface area (Å²) in [6.07, 6.45) is 5.04. The minimum absolute atomic E-state index is 0.292. The molecule has 0 spiro atoms. The van der Waals surface area contributed by atoms with Crippen LogP contribution in [-0.2, 0) is 0 Å². The topological polar surface area (TPSA) is 78.3 Å². The van der Waals surface area contributed by atoms with Gasteiger partial charge in [0.25, 0.3) is 0 Å². The van der Waals surface area contributed by atoms with E-state index in [-0.39, 0.29) is 0 Å². The van der Waals surface area contributed by atoms with Crippen LogP contribution in [0, 0.1) is 0 Å². The monoisotopic (exact) mass is 377 g/mol. The van der Waals surface area contributed by atoms with Crippen molar-refractivity contribution in [3.8, 4) is 0 Å². The van der Waals surface area contributed by atoms with Gasteiger partial charge in [0.2, 0.25) is 5.28 Å². The normalized spacial score (nSPS) is 20.8. The Morgan fingerprint density at radius 3 is 3.12 bits per heavy atom. The summed E-state index contributed by atoms with van der Waals surface area (Å²) in [6.45, 7) is 3.71. The van der Waals surface area contributed by atoms with E-state index in [0.717, 1.165) is 68.0 Å². The fraction of sp³-hybridized carbons (Fsp3) is 0.500. The molecule has 2 aliphatic rings. The lowest BCUT2D eigenvalue weighted by molar-refractivity contribution is 0.500. The molecule has 9 heteroatoms. The molecule has 0 saturated carbocycles. The maximum atomic E-state index is 5.93. The van der Waals surface area contributed by atoms with E-state index in [1.807, 2.05) is 6.07 Å². The molecule has 0 bridgehead atoms. The van der Waals surface area contributed by atoms with Crippen LogP contribution in [0.25, 0.3) is 0 Å². The van der Waals surface area contributed by atoms with Crippen LogP contribution in [0.5, 0.6) is 0 Å². The first kappa shape index (κ1) is 16.5. The largest absolute Gasteiger partial charge is 0.356 e. The Kier molecular flexibility index (Phi) is 4.98. The summed E-state index contributed by atoms with van der Waals surface area (Å²) in [5.41, 5.74) is 1.13. The van der Waals surface area contributed by atoms with Gasteiger partial charge < -0.3 is 15.5 Å². The third kappa shape index (κ3) is 4.01. The summed E-state index contributed by atoms with van der Waals surface area (Å²) >= 11 is 7.56. The number of rotatable bonds is 3. The molecule has 7 nitrogen and oxygen atoms in total. The van der Waals surface area contributed by atoms with Crippen LogP contribution in [0.1, 0.15) is 30.9 Å². The second-order valence-electron chi connectivity index (χ2n) is 6.18. The van der Waals surface area contributed by atoms with Gasteiger partial charge in [0.15, 0.2) is 11.1 Å². The summed E-state index contributed by atoms with van der Waals surface area (Å²) < 4.78 is 0. The van der Waals surface area contributed by atoms with Crippen molar-refractivity contribution in [2.45, 2.75) is 25.2 Å². The minimum atomic E-state index is 0.292. The van der Waals surface area contributed by atoms with Gasteiger partial charge in [0.05, 0.1) is 5.69 Å². The Bertz CT molecular complexity index is 762. The van der Waals surface area contributed by atoms with Gasteiger partial charge in [-0.25, -0.2) is 15.0 Å². The third-order valence-corrected chi connectivity index (χ3v) is 5.38. The Labute approximate surface area is 155 Å². The van der Waals surface area contributed by atoms with Crippen molar-refractivity contribution in [2.24, 2.45) is 4.99 Å². The average Bonchev–Trinajstić information content (AvgIpc) is 3.11. The lowest BCUT2D eigenvalue weighted by Gasteiger charge is -2.32. The molecule has 1 unspecified atom stereocenters. The van der Waals surface area contributed by atoms with E-state index in [2.05, 4.69) is 35.9 Å². The SMILES string of the molecule is Clc1nccc(N2CCCC(c3csc(NC4=NCCCN4)n3)C2)n1. The minimum Gasteiger partial charge on any atom is -0.356 e. The van der Waals surface area contributed by atoms with Crippen molar-refractivity contribution in [1.29, 1.82) is 0 Å². The molecule has 2 N–H and O–H groups in total. The lowest BCUT2D eigenvalue weighted by Crippen LogP contribution is -2.35. The Balaban J connectivity index is 1.44. The van der Waals surface area contributed by atoms with E-state index >= 15 is 0 Å². The Hall–Kier alpha value is -1.93. The second-order valence-corrected chi connectivity index (χ2v) is 7.38. The highest BCUT2D eigenvalue weighted by atomic mass is 35.5. The van der Waals surface area contributed by atoms with Crippen LogP contribution in [-0.4, -0.2) is 47.1 Å². The van der Waals surface area contributed by atoms with Gasteiger partial charge >= 0.3 is 0 Å². The molecule has 2 aromatic heterocycles. The number of thiazole rings is 1. The van der Waals surface area contributed by atoms with Gasteiger partial charge in [-0.3, -0.25) is 4.99 Å². The van der Waals surface area contributed by atoms with Gasteiger partial charge in [0.1, 0.15) is 5.82 Å². The molecule has 0 radical (unpaired) electrons. The van der Waals surface area contributed by atoms with E-state index in [4.69, 9.17) is 16.6 Å². The number of hydrogen-bond donors (Lipinski definition) is 2. The number of hydrogen-bond acceptors (Lipinski definition) is 8. The van der Waals surface area contributed by atoms with Crippen LogP contribution in [0.4, 0.5) is 10.9 Å². The number of aliphatic imine (C=N–C) groups is 1. The first-order valence-corrected chi connectivity index (χ1v) is 9.78. The third-order valence-electron chi connectivity index (χ3n) is 4.42. The summed E-state index contributed by atoms with van der Waals surface area (Å²) in [6, 6.07) is 1.91. The zero-order valence-electron chi connectivity index (χ0n) is 13.8. The van der Waals surface area contributed by atoms with E-state index in [1.165, 1.54) is 0 Å². The fourth-order valence-corrected chi connectivity index (χ4v) is 4.11. The maximum Gasteiger partial charge on any atom is 0.224 e. The predicted octanol–water partition coefficient (Wildman–Crippen LogP) is 2.73. The van der Waals surface area contributed by atoms with Gasteiger partial charge in [-0.1, -0.05) is 0 Å². The molecule has 1 fully saturated rings. The van der Waals surface area contributed by atoms with Gasteiger partial charge in [0, 0.05) is 43.7 Å². The molecular weight excluding hydrogens is 358 g/mol. The number of piperidine rings is 1. The summed E-state index contributed by atoms with van der Waals surface area (Å²) in [5.74, 6) is 2.11. The summed E-state index contributed by atoms with van der Waals surface area (Å²) in [5, 5.41) is 9.88. The van der Waals surface area contributed by atoms with Crippen molar-refractivity contribution in [3.05, 3.63) is 28.6 Å². The molecule has 2 aromatic rings. The first-order valence-electron chi connectivity index (χ1n) is 8.52. The van der Waals surface area contributed by atoms with E-state index < -0.39 is 0 Å². The first-order chi connectivity index (χ1) is 12.3. The number of nitrogens with one attached hydrogen (secondary N) is 2. The van der Waals surface area contributed by atoms with E-state index in [1.54, 1.807) is 17.5 Å². The van der Waals surface area contributed by atoms with Crippen molar-refractivity contribution in [2.75, 3.05) is 36.4 Å². The zero-order chi connectivity index (χ0) is 17.1. The van der Waals surface area contributed by atoms with E-state index in [9.17, 15) is 0 Å². The Morgan fingerprint density at radius 2 is 2.28 bits per heavy atom. The maximum absolute atomic E-state index is 5.93. The lowest BCUT2D eigenvalue weighted by atomic mass is 9.95. The fourth-order valence-electron chi connectivity index (χ4n) is 3.18. The molecule has 2 aliphatic heterocycles. The van der Waals surface area contributed by atoms with Gasteiger partial charge in [-0.15, -0.1) is 11.3 Å². The van der Waals surface area contributed by atoms with E-state index in [0.29, 0.717) is 11.2 Å². The van der Waals surface area contributed by atoms with Gasteiger partial charge in [-0.05, 0) is 36.9 Å². The van der Waals surface area contributed by atoms with Crippen LogP contribution in [0.15, 0.2) is 22.6 Å². The highest BCUT2D eigenvalue weighted by Crippen LogP contribution is 2.31. The second kappa shape index (κ2) is 7.53. The number of halogens is 1. The highest BCUT2D eigenvalue weighted by molar-refractivity contribution is 7.13. The van der Waals surface area contributed by atoms with Crippen LogP contribution in [0.3, 0.4) is 0 Å². The molecule has 132 valence electrons. The number of nitrogens with zero attached hydrogens (tertiary/aromatic N) is 5. The standard InChI is InChI=1S/C16H20ClN7S/c17-14-18-7-4-13(22-14)24-8-1-3-11(9-24)12-10-25-16(21-12)23-15-19-5-2-6-20-15/h4,7,10-11H,1-3,5-6,8-9H2,(H2,19,20,21,23). The number of guanidine groups is 1. The zero-order valence-corrected chi connectivity index (χ0v) is 15.4. The molecule has 0 aromatic carbocycles. The number of aromatic nitrogens is 3. The molecule has 4 heterocycles. The summed E-state index contributed by atoms with van der Waals surface area (Å²) in [4.78, 5) is 19.8. The molecule has 0 amide bonds. The van der Waals surface area contributed by atoms with Crippen LogP contribution < -0.4 is 15.5 Å². The molecule has 1 saturated heterocycles. The molecule has 25 heavy (non-hydrogen) atoms. The highest BCUT2D eigenvalue weighted by Gasteiger charge is 2.24. The van der Waals surface area contributed by atoms with Crippen molar-refractivity contribution in [3.63, 3.8) is 0 Å². The molecule has 1 atom stereocenters. The smallest absolute Gasteiger partial charge is 0.224 e. The number of anilines is 2. The van der Waals surface area contributed by atoms with Crippen LogP contribution in [0.2, 0.25) is 5.28 Å². The van der Waals surface area contributed by atoms with Gasteiger partial charge in [-0.2, -0.15) is 0 Å². The molecule has 4 rings (SSSR count). The molecular formula is C16H20ClN7S. The van der Waals surface area contributed by atoms with Crippen molar-refractivity contribution < 1.29 is 0 Å². The average molecular weight is 378 g/mol.